The van der Waals surface area contributed by atoms with E-state index in [0.717, 1.165) is 13.1 Å². The van der Waals surface area contributed by atoms with Gasteiger partial charge in [0.1, 0.15) is 0 Å². The minimum absolute atomic E-state index is 0.128. The second kappa shape index (κ2) is 7.76. The Bertz CT molecular complexity index is 1120. The highest BCUT2D eigenvalue weighted by molar-refractivity contribution is 6.32. The zero-order valence-corrected chi connectivity index (χ0v) is 15.9. The highest BCUT2D eigenvalue weighted by Crippen LogP contribution is 2.29. The Morgan fingerprint density at radius 2 is 1.93 bits per heavy atom. The smallest absolute Gasteiger partial charge is 0.330 e. The molecule has 0 aliphatic carbocycles. The highest BCUT2D eigenvalue weighted by atomic mass is 35.5. The van der Waals surface area contributed by atoms with Gasteiger partial charge in [-0.2, -0.15) is 4.98 Å². The second-order valence-electron chi connectivity index (χ2n) is 6.56. The number of anilines is 1. The number of hydrogen-bond acceptors (Lipinski definition) is 5. The zero-order chi connectivity index (χ0) is 19.7. The van der Waals surface area contributed by atoms with Crippen LogP contribution in [0, 0.1) is 0 Å². The number of aromatic nitrogens is 4. The maximum Gasteiger partial charge on any atom is 0.330 e. The third kappa shape index (κ3) is 3.20. The number of halogens is 2. The number of hydrogen-bond donors (Lipinski definition) is 2. The summed E-state index contributed by atoms with van der Waals surface area (Å²) < 4.78 is 15.7. The number of aromatic amines is 1. The predicted octanol–water partition coefficient (Wildman–Crippen LogP) is 1.30. The first-order chi connectivity index (χ1) is 13.6. The number of nitrogens with zero attached hydrogens (tertiary/aromatic N) is 4. The SMILES string of the molecule is O=c1[nH]c(=O)n(CCCF)c2nc(N3CCNCC3)n(-c3ccccc3Cl)c12. The molecule has 148 valence electrons. The molecule has 0 radical (unpaired) electrons. The molecule has 4 rings (SSSR count). The fraction of sp³-hybridized carbons (Fsp3) is 0.389. The number of piperazine rings is 1. The summed E-state index contributed by atoms with van der Waals surface area (Å²) in [7, 11) is 0. The minimum atomic E-state index is -0.596. The van der Waals surface area contributed by atoms with Crippen LogP contribution in [-0.2, 0) is 6.54 Å². The number of nitrogens with one attached hydrogen (secondary N) is 2. The van der Waals surface area contributed by atoms with Gasteiger partial charge < -0.3 is 10.2 Å². The van der Waals surface area contributed by atoms with E-state index < -0.39 is 17.9 Å². The van der Waals surface area contributed by atoms with Crippen LogP contribution in [0.3, 0.4) is 0 Å². The monoisotopic (exact) mass is 406 g/mol. The van der Waals surface area contributed by atoms with Crippen LogP contribution in [0.15, 0.2) is 33.9 Å². The molecule has 0 atom stereocenters. The normalized spacial score (nSPS) is 14.7. The lowest BCUT2D eigenvalue weighted by Gasteiger charge is -2.28. The molecule has 28 heavy (non-hydrogen) atoms. The van der Waals surface area contributed by atoms with E-state index in [-0.39, 0.29) is 24.1 Å². The number of rotatable bonds is 5. The van der Waals surface area contributed by atoms with Crippen LogP contribution in [0.2, 0.25) is 5.02 Å². The molecule has 0 saturated carbocycles. The fourth-order valence-electron chi connectivity index (χ4n) is 3.47. The van der Waals surface area contributed by atoms with Crippen LogP contribution in [-0.4, -0.2) is 52.0 Å². The number of para-hydroxylation sites is 1. The van der Waals surface area contributed by atoms with Crippen molar-refractivity contribution in [2.45, 2.75) is 13.0 Å². The summed E-state index contributed by atoms with van der Waals surface area (Å²) in [4.78, 5) is 34.1. The lowest BCUT2D eigenvalue weighted by Crippen LogP contribution is -2.44. The van der Waals surface area contributed by atoms with E-state index in [1.165, 1.54) is 4.57 Å². The number of aryl methyl sites for hydroxylation is 1. The van der Waals surface area contributed by atoms with Crippen LogP contribution in [0.25, 0.3) is 16.9 Å². The second-order valence-corrected chi connectivity index (χ2v) is 6.97. The molecule has 1 fully saturated rings. The molecule has 2 N–H and O–H groups in total. The van der Waals surface area contributed by atoms with Crippen LogP contribution in [0.1, 0.15) is 6.42 Å². The summed E-state index contributed by atoms with van der Waals surface area (Å²) in [6, 6.07) is 7.15. The van der Waals surface area contributed by atoms with Crippen LogP contribution in [0.4, 0.5) is 10.3 Å². The number of benzene rings is 1. The molecule has 3 aromatic rings. The summed E-state index contributed by atoms with van der Waals surface area (Å²) in [5.41, 5.74) is -0.0935. The van der Waals surface area contributed by atoms with Gasteiger partial charge in [-0.3, -0.25) is 23.3 Å². The molecule has 3 heterocycles. The Hall–Kier alpha value is -2.65. The van der Waals surface area contributed by atoms with Gasteiger partial charge in [-0.1, -0.05) is 23.7 Å². The molecular formula is C18H20ClFN6O2. The summed E-state index contributed by atoms with van der Waals surface area (Å²) in [5.74, 6) is 0.537. The van der Waals surface area contributed by atoms with Crippen molar-refractivity contribution in [1.29, 1.82) is 0 Å². The van der Waals surface area contributed by atoms with Crippen molar-refractivity contribution in [1.82, 2.24) is 24.4 Å². The summed E-state index contributed by atoms with van der Waals surface area (Å²) in [6.07, 6.45) is 0.156. The standard InChI is InChI=1S/C18H20ClFN6O2/c19-12-4-1-2-5-13(12)26-14-15(22-17(26)24-10-7-21-8-11-24)25(9-3-6-20)18(28)23-16(14)27/h1-2,4-5,21H,3,6-11H2,(H,23,27,28). The van der Waals surface area contributed by atoms with Crippen molar-refractivity contribution in [3.8, 4) is 5.69 Å². The number of fused-ring (bicyclic) bond motifs is 1. The van der Waals surface area contributed by atoms with Gasteiger partial charge in [0.25, 0.3) is 5.56 Å². The highest BCUT2D eigenvalue weighted by Gasteiger charge is 2.25. The average molecular weight is 407 g/mol. The number of alkyl halides is 1. The largest absolute Gasteiger partial charge is 0.339 e. The Kier molecular flexibility index (Phi) is 5.19. The Morgan fingerprint density at radius 3 is 2.64 bits per heavy atom. The van der Waals surface area contributed by atoms with Gasteiger partial charge in [0, 0.05) is 32.7 Å². The van der Waals surface area contributed by atoms with E-state index in [0.29, 0.717) is 29.7 Å². The third-order valence-electron chi connectivity index (χ3n) is 4.79. The van der Waals surface area contributed by atoms with Crippen molar-refractivity contribution < 1.29 is 4.39 Å². The van der Waals surface area contributed by atoms with Gasteiger partial charge in [-0.15, -0.1) is 0 Å². The van der Waals surface area contributed by atoms with Gasteiger partial charge in [0.2, 0.25) is 5.95 Å². The molecular weight excluding hydrogens is 387 g/mol. The quantitative estimate of drug-likeness (QED) is 0.666. The minimum Gasteiger partial charge on any atom is -0.339 e. The van der Waals surface area contributed by atoms with Gasteiger partial charge in [0.15, 0.2) is 11.2 Å². The first-order valence-corrected chi connectivity index (χ1v) is 9.51. The molecule has 0 amide bonds. The molecule has 10 heteroatoms. The third-order valence-corrected chi connectivity index (χ3v) is 5.11. The van der Waals surface area contributed by atoms with Crippen LogP contribution < -0.4 is 21.5 Å². The molecule has 1 aliphatic rings. The van der Waals surface area contributed by atoms with Crippen molar-refractivity contribution >= 4 is 28.7 Å². The fourth-order valence-corrected chi connectivity index (χ4v) is 3.69. The summed E-state index contributed by atoms with van der Waals surface area (Å²) >= 11 is 6.42. The van der Waals surface area contributed by atoms with Crippen LogP contribution in [0.5, 0.6) is 0 Å². The van der Waals surface area contributed by atoms with Gasteiger partial charge in [0.05, 0.1) is 17.4 Å². The Labute approximate surface area is 164 Å². The number of H-pyrrole nitrogens is 1. The molecule has 8 nitrogen and oxygen atoms in total. The van der Waals surface area contributed by atoms with E-state index in [9.17, 15) is 14.0 Å². The molecule has 2 aromatic heterocycles. The Balaban J connectivity index is 2.05. The van der Waals surface area contributed by atoms with Crippen LogP contribution >= 0.6 is 11.6 Å². The van der Waals surface area contributed by atoms with E-state index in [1.807, 2.05) is 11.0 Å². The maximum atomic E-state index is 12.7. The molecule has 1 saturated heterocycles. The van der Waals surface area contributed by atoms with E-state index in [2.05, 4.69) is 15.3 Å². The summed E-state index contributed by atoms with van der Waals surface area (Å²) in [5, 5.41) is 3.74. The average Bonchev–Trinajstić information content (AvgIpc) is 3.09. The van der Waals surface area contributed by atoms with E-state index >= 15 is 0 Å². The lowest BCUT2D eigenvalue weighted by atomic mass is 10.3. The first kappa shape index (κ1) is 18.7. The van der Waals surface area contributed by atoms with Crippen molar-refractivity contribution in [2.24, 2.45) is 0 Å². The van der Waals surface area contributed by atoms with Gasteiger partial charge in [-0.05, 0) is 18.6 Å². The van der Waals surface area contributed by atoms with E-state index in [4.69, 9.17) is 11.6 Å². The lowest BCUT2D eigenvalue weighted by molar-refractivity contribution is 0.444. The molecule has 0 bridgehead atoms. The van der Waals surface area contributed by atoms with Crippen molar-refractivity contribution in [3.05, 3.63) is 50.1 Å². The maximum absolute atomic E-state index is 12.7. The molecule has 1 aromatic carbocycles. The van der Waals surface area contributed by atoms with Gasteiger partial charge >= 0.3 is 5.69 Å². The zero-order valence-electron chi connectivity index (χ0n) is 15.1. The number of imidazole rings is 1. The first-order valence-electron chi connectivity index (χ1n) is 9.14. The Morgan fingerprint density at radius 1 is 1.18 bits per heavy atom. The van der Waals surface area contributed by atoms with Crippen molar-refractivity contribution in [3.63, 3.8) is 0 Å². The van der Waals surface area contributed by atoms with Gasteiger partial charge in [-0.25, -0.2) is 4.79 Å². The van der Waals surface area contributed by atoms with Crippen molar-refractivity contribution in [2.75, 3.05) is 37.8 Å². The molecule has 1 aliphatic heterocycles. The predicted molar refractivity (Wildman–Crippen MR) is 107 cm³/mol. The van der Waals surface area contributed by atoms with E-state index in [1.54, 1.807) is 22.8 Å². The molecule has 0 unspecified atom stereocenters. The topological polar surface area (TPSA) is 87.9 Å². The summed E-state index contributed by atoms with van der Waals surface area (Å²) in [6.45, 7) is 2.50. The molecule has 0 spiro atoms.